The summed E-state index contributed by atoms with van der Waals surface area (Å²) in [5.41, 5.74) is 3.72. The van der Waals surface area contributed by atoms with Crippen molar-refractivity contribution in [2.45, 2.75) is 25.9 Å². The molecule has 33 heavy (non-hydrogen) atoms. The minimum atomic E-state index is -0.921. The molecule has 0 radical (unpaired) electrons. The fourth-order valence-electron chi connectivity index (χ4n) is 4.18. The summed E-state index contributed by atoms with van der Waals surface area (Å²) in [5.74, 6) is -0.775. The SMILES string of the molecule is CC(OC(=O)c1cc(-c2ccc(Cl)s2)nc2ccccc12)C(=O)N1CCCc2ccccc21. The summed E-state index contributed by atoms with van der Waals surface area (Å²) < 4.78 is 6.33. The summed E-state index contributed by atoms with van der Waals surface area (Å²) in [7, 11) is 0. The smallest absolute Gasteiger partial charge is 0.339 e. The predicted molar refractivity (Wildman–Crippen MR) is 132 cm³/mol. The molecular formula is C26H21ClN2O3S. The van der Waals surface area contributed by atoms with Crippen LogP contribution in [0.25, 0.3) is 21.5 Å². The van der Waals surface area contributed by atoms with E-state index in [9.17, 15) is 9.59 Å². The highest BCUT2D eigenvalue weighted by atomic mass is 35.5. The van der Waals surface area contributed by atoms with E-state index in [-0.39, 0.29) is 5.91 Å². The lowest BCUT2D eigenvalue weighted by Gasteiger charge is -2.31. The molecule has 1 aliphatic rings. The molecule has 7 heteroatoms. The van der Waals surface area contributed by atoms with Crippen LogP contribution in [0.1, 0.15) is 29.3 Å². The Morgan fingerprint density at radius 1 is 1.09 bits per heavy atom. The number of benzene rings is 2. The van der Waals surface area contributed by atoms with Crippen LogP contribution in [-0.2, 0) is 16.0 Å². The Morgan fingerprint density at radius 2 is 1.88 bits per heavy atom. The molecule has 0 saturated carbocycles. The number of pyridine rings is 1. The zero-order valence-corrected chi connectivity index (χ0v) is 19.5. The molecule has 5 rings (SSSR count). The molecular weight excluding hydrogens is 456 g/mol. The van der Waals surface area contributed by atoms with Gasteiger partial charge in [-0.2, -0.15) is 0 Å². The van der Waals surface area contributed by atoms with Gasteiger partial charge in [0, 0.05) is 17.6 Å². The number of aromatic nitrogens is 1. The molecule has 2 aromatic carbocycles. The molecule has 3 heterocycles. The Bertz CT molecular complexity index is 1370. The molecule has 0 bridgehead atoms. The van der Waals surface area contributed by atoms with Gasteiger partial charge >= 0.3 is 5.97 Å². The highest BCUT2D eigenvalue weighted by Crippen LogP contribution is 2.33. The van der Waals surface area contributed by atoms with Gasteiger partial charge in [0.1, 0.15) is 0 Å². The molecule has 0 fully saturated rings. The first-order valence-electron chi connectivity index (χ1n) is 10.8. The molecule has 0 aliphatic carbocycles. The summed E-state index contributed by atoms with van der Waals surface area (Å²) in [6, 6.07) is 20.7. The molecule has 1 aliphatic heterocycles. The first-order chi connectivity index (χ1) is 16.0. The fraction of sp³-hybridized carbons (Fsp3) is 0.192. The molecule has 2 aromatic heterocycles. The first-order valence-corrected chi connectivity index (χ1v) is 12.0. The number of carbonyl (C=O) groups excluding carboxylic acids is 2. The van der Waals surface area contributed by atoms with Crippen molar-refractivity contribution in [3.05, 3.63) is 82.2 Å². The van der Waals surface area contributed by atoms with Crippen LogP contribution in [0, 0.1) is 0 Å². The third kappa shape index (κ3) is 4.24. The molecule has 5 nitrogen and oxygen atoms in total. The maximum Gasteiger partial charge on any atom is 0.339 e. The first kappa shape index (κ1) is 21.6. The van der Waals surface area contributed by atoms with E-state index in [0.29, 0.717) is 33.0 Å². The van der Waals surface area contributed by atoms with Gasteiger partial charge in [0.2, 0.25) is 0 Å². The lowest BCUT2D eigenvalue weighted by atomic mass is 10.0. The molecule has 1 atom stereocenters. The molecule has 166 valence electrons. The number of amides is 1. The van der Waals surface area contributed by atoms with Crippen molar-refractivity contribution in [2.75, 3.05) is 11.4 Å². The Balaban J connectivity index is 1.44. The van der Waals surface area contributed by atoms with Crippen LogP contribution in [0.3, 0.4) is 0 Å². The van der Waals surface area contributed by atoms with Gasteiger partial charge in [-0.25, -0.2) is 9.78 Å². The average molecular weight is 477 g/mol. The zero-order chi connectivity index (χ0) is 22.9. The number of anilines is 1. The number of thiophene rings is 1. The number of ether oxygens (including phenoxy) is 1. The second kappa shape index (κ2) is 8.96. The fourth-order valence-corrected chi connectivity index (χ4v) is 5.18. The van der Waals surface area contributed by atoms with Gasteiger partial charge in [0.05, 0.1) is 26.0 Å². The lowest BCUT2D eigenvalue weighted by molar-refractivity contribution is -0.126. The minimum absolute atomic E-state index is 0.223. The Hall–Kier alpha value is -3.22. The topological polar surface area (TPSA) is 59.5 Å². The number of nitrogens with zero attached hydrogens (tertiary/aromatic N) is 2. The van der Waals surface area contributed by atoms with Gasteiger partial charge in [-0.05, 0) is 55.7 Å². The number of esters is 1. The Labute approximate surface area is 200 Å². The number of aryl methyl sites for hydroxylation is 1. The van der Waals surface area contributed by atoms with E-state index in [2.05, 4.69) is 4.98 Å². The molecule has 1 unspecified atom stereocenters. The van der Waals surface area contributed by atoms with E-state index in [4.69, 9.17) is 16.3 Å². The van der Waals surface area contributed by atoms with Crippen LogP contribution in [0.4, 0.5) is 5.69 Å². The van der Waals surface area contributed by atoms with Crippen molar-refractivity contribution in [3.63, 3.8) is 0 Å². The van der Waals surface area contributed by atoms with E-state index in [1.165, 1.54) is 11.3 Å². The van der Waals surface area contributed by atoms with Crippen LogP contribution < -0.4 is 4.90 Å². The standard InChI is InChI=1S/C26H21ClN2O3S/c1-16(25(30)29-14-6-8-17-7-2-5-11-22(17)29)32-26(31)19-15-21(23-12-13-24(27)33-23)28-20-10-4-3-9-18(19)20/h2-5,7,9-13,15-16H,6,8,14H2,1H3. The van der Waals surface area contributed by atoms with E-state index in [1.807, 2.05) is 54.6 Å². The van der Waals surface area contributed by atoms with Crippen molar-refractivity contribution in [2.24, 2.45) is 0 Å². The van der Waals surface area contributed by atoms with Gasteiger partial charge in [-0.3, -0.25) is 4.79 Å². The van der Waals surface area contributed by atoms with E-state index in [0.717, 1.165) is 29.0 Å². The van der Waals surface area contributed by atoms with Crippen molar-refractivity contribution in [1.29, 1.82) is 0 Å². The lowest BCUT2D eigenvalue weighted by Crippen LogP contribution is -2.42. The van der Waals surface area contributed by atoms with Crippen molar-refractivity contribution >= 4 is 51.4 Å². The molecule has 0 N–H and O–H groups in total. The largest absolute Gasteiger partial charge is 0.449 e. The maximum atomic E-state index is 13.2. The highest BCUT2D eigenvalue weighted by molar-refractivity contribution is 7.19. The number of carbonyl (C=O) groups is 2. The third-order valence-corrected chi connectivity index (χ3v) is 7.02. The monoisotopic (exact) mass is 476 g/mol. The van der Waals surface area contributed by atoms with E-state index in [1.54, 1.807) is 24.0 Å². The highest BCUT2D eigenvalue weighted by Gasteiger charge is 2.29. The summed E-state index contributed by atoms with van der Waals surface area (Å²) in [4.78, 5) is 33.7. The minimum Gasteiger partial charge on any atom is -0.449 e. The number of hydrogen-bond donors (Lipinski definition) is 0. The predicted octanol–water partition coefficient (Wildman–Crippen LogP) is 6.14. The van der Waals surface area contributed by atoms with Crippen LogP contribution in [0.5, 0.6) is 0 Å². The zero-order valence-electron chi connectivity index (χ0n) is 18.0. The summed E-state index contributed by atoms with van der Waals surface area (Å²) in [6.07, 6.45) is 0.896. The number of fused-ring (bicyclic) bond motifs is 2. The number of rotatable bonds is 4. The van der Waals surface area contributed by atoms with Crippen molar-refractivity contribution in [3.8, 4) is 10.6 Å². The molecule has 0 saturated heterocycles. The number of halogens is 1. The van der Waals surface area contributed by atoms with E-state index < -0.39 is 12.1 Å². The van der Waals surface area contributed by atoms with Gasteiger partial charge in [-0.1, -0.05) is 48.0 Å². The normalized spacial score (nSPS) is 14.1. The van der Waals surface area contributed by atoms with Crippen molar-refractivity contribution in [1.82, 2.24) is 4.98 Å². The van der Waals surface area contributed by atoms with E-state index >= 15 is 0 Å². The molecule has 4 aromatic rings. The van der Waals surface area contributed by atoms with Gasteiger partial charge < -0.3 is 9.64 Å². The van der Waals surface area contributed by atoms with Crippen LogP contribution in [-0.4, -0.2) is 29.5 Å². The average Bonchev–Trinajstić information content (AvgIpc) is 3.28. The van der Waals surface area contributed by atoms with Gasteiger partial charge in [0.15, 0.2) is 6.10 Å². The Morgan fingerprint density at radius 3 is 2.70 bits per heavy atom. The maximum absolute atomic E-state index is 13.2. The second-order valence-electron chi connectivity index (χ2n) is 7.95. The summed E-state index contributed by atoms with van der Waals surface area (Å²) in [5, 5.41) is 0.678. The quantitative estimate of drug-likeness (QED) is 0.332. The summed E-state index contributed by atoms with van der Waals surface area (Å²) in [6.45, 7) is 2.24. The third-order valence-electron chi connectivity index (χ3n) is 5.77. The van der Waals surface area contributed by atoms with Crippen LogP contribution in [0.2, 0.25) is 4.34 Å². The number of hydrogen-bond acceptors (Lipinski definition) is 5. The molecule has 1 amide bonds. The summed E-state index contributed by atoms with van der Waals surface area (Å²) >= 11 is 7.49. The van der Waals surface area contributed by atoms with Gasteiger partial charge in [0.25, 0.3) is 5.91 Å². The van der Waals surface area contributed by atoms with Crippen LogP contribution >= 0.6 is 22.9 Å². The Kier molecular flexibility index (Phi) is 5.87. The van der Waals surface area contributed by atoms with Crippen molar-refractivity contribution < 1.29 is 14.3 Å². The second-order valence-corrected chi connectivity index (χ2v) is 9.66. The van der Waals surface area contributed by atoms with Crippen LogP contribution in [0.15, 0.2) is 66.7 Å². The number of para-hydroxylation sites is 2. The molecule has 0 spiro atoms. The van der Waals surface area contributed by atoms with Gasteiger partial charge in [-0.15, -0.1) is 11.3 Å².